The first kappa shape index (κ1) is 19.5. The van der Waals surface area contributed by atoms with E-state index in [2.05, 4.69) is 58.9 Å². The van der Waals surface area contributed by atoms with Gasteiger partial charge in [0.05, 0.1) is 12.2 Å². The van der Waals surface area contributed by atoms with Crippen molar-refractivity contribution >= 4 is 17.9 Å². The number of rotatable bonds is 7. The van der Waals surface area contributed by atoms with Crippen LogP contribution in [-0.4, -0.2) is 51.2 Å². The summed E-state index contributed by atoms with van der Waals surface area (Å²) in [6.07, 6.45) is 0.478. The van der Waals surface area contributed by atoms with Gasteiger partial charge in [-0.3, -0.25) is 4.57 Å². The van der Waals surface area contributed by atoms with E-state index in [1.807, 2.05) is 18.2 Å². The Morgan fingerprint density at radius 2 is 1.93 bits per heavy atom. The second-order valence-electron chi connectivity index (χ2n) is 7.14. The van der Waals surface area contributed by atoms with E-state index in [-0.39, 0.29) is 6.09 Å². The first-order valence-corrected chi connectivity index (χ1v) is 10.7. The van der Waals surface area contributed by atoms with Crippen LogP contribution in [-0.2, 0) is 11.2 Å². The molecule has 6 nitrogen and oxygen atoms in total. The highest BCUT2D eigenvalue weighted by Gasteiger charge is 2.22. The largest absolute Gasteiger partial charge is 0.448 e. The molecule has 1 aromatic heterocycles. The van der Waals surface area contributed by atoms with Crippen molar-refractivity contribution in [3.8, 4) is 5.69 Å². The topological polar surface area (TPSA) is 60.3 Å². The number of hydrogen-bond donors (Lipinski definition) is 0. The number of carbonyl (C=O) groups excluding carboxylic acids is 1. The third-order valence-electron chi connectivity index (χ3n) is 4.94. The number of carbonyl (C=O) groups is 1. The minimum Gasteiger partial charge on any atom is -0.448 e. The predicted molar refractivity (Wildman–Crippen MR) is 114 cm³/mol. The molecule has 0 atom stereocenters. The van der Waals surface area contributed by atoms with Gasteiger partial charge in [0, 0.05) is 18.7 Å². The summed E-state index contributed by atoms with van der Waals surface area (Å²) in [7, 11) is 0. The quantitative estimate of drug-likeness (QED) is 0.553. The van der Waals surface area contributed by atoms with E-state index in [0.29, 0.717) is 26.1 Å². The van der Waals surface area contributed by atoms with Gasteiger partial charge in [-0.1, -0.05) is 59.8 Å². The van der Waals surface area contributed by atoms with Crippen molar-refractivity contribution in [3.63, 3.8) is 0 Å². The maximum Gasteiger partial charge on any atom is 0.409 e. The van der Waals surface area contributed by atoms with Crippen molar-refractivity contribution in [1.82, 2.24) is 19.7 Å². The maximum atomic E-state index is 11.7. The van der Waals surface area contributed by atoms with Gasteiger partial charge < -0.3 is 9.64 Å². The fourth-order valence-electron chi connectivity index (χ4n) is 3.46. The molecule has 3 aromatic rings. The molecule has 2 aromatic carbocycles. The zero-order chi connectivity index (χ0) is 20.2. The molecule has 1 fully saturated rings. The standard InChI is InChI=1S/C22H24N4O2S/c1-16-8-9-19(17(2)14-16)26-20(15-18-6-4-3-5-7-18)23-24-21(26)29-13-11-25-10-12-28-22(25)27/h3-9,14H,10-13,15H2,1-2H3. The molecule has 0 aliphatic carbocycles. The van der Waals surface area contributed by atoms with Crippen molar-refractivity contribution in [2.24, 2.45) is 0 Å². The lowest BCUT2D eigenvalue weighted by Crippen LogP contribution is -2.26. The molecule has 0 bridgehead atoms. The van der Waals surface area contributed by atoms with Crippen LogP contribution >= 0.6 is 11.8 Å². The normalized spacial score (nSPS) is 13.7. The number of benzene rings is 2. The average molecular weight is 409 g/mol. The van der Waals surface area contributed by atoms with Crippen LogP contribution in [0.5, 0.6) is 0 Å². The Kier molecular flexibility index (Phi) is 5.85. The molecule has 0 radical (unpaired) electrons. The zero-order valence-electron chi connectivity index (χ0n) is 16.7. The summed E-state index contributed by atoms with van der Waals surface area (Å²) in [6.45, 7) is 5.98. The van der Waals surface area contributed by atoms with Gasteiger partial charge in [-0.2, -0.15) is 0 Å². The first-order chi connectivity index (χ1) is 14.1. The van der Waals surface area contributed by atoms with E-state index in [0.717, 1.165) is 22.4 Å². The van der Waals surface area contributed by atoms with Gasteiger partial charge in [-0.15, -0.1) is 10.2 Å². The third-order valence-corrected chi connectivity index (χ3v) is 5.85. The number of amides is 1. The van der Waals surface area contributed by atoms with Crippen LogP contribution in [0.3, 0.4) is 0 Å². The lowest BCUT2D eigenvalue weighted by atomic mass is 10.1. The number of cyclic esters (lactones) is 1. The van der Waals surface area contributed by atoms with Gasteiger partial charge in [0.1, 0.15) is 12.4 Å². The summed E-state index contributed by atoms with van der Waals surface area (Å²) in [6, 6.07) is 16.7. The second-order valence-corrected chi connectivity index (χ2v) is 8.20. The van der Waals surface area contributed by atoms with Crippen LogP contribution in [0, 0.1) is 13.8 Å². The summed E-state index contributed by atoms with van der Waals surface area (Å²) >= 11 is 1.61. The minimum absolute atomic E-state index is 0.230. The van der Waals surface area contributed by atoms with Crippen LogP contribution in [0.1, 0.15) is 22.5 Å². The summed E-state index contributed by atoms with van der Waals surface area (Å²) < 4.78 is 7.15. The van der Waals surface area contributed by atoms with Crippen LogP contribution in [0.25, 0.3) is 5.69 Å². The molecule has 1 saturated heterocycles. The molecule has 1 aliphatic rings. The highest BCUT2D eigenvalue weighted by atomic mass is 32.2. The monoisotopic (exact) mass is 408 g/mol. The fourth-order valence-corrected chi connectivity index (χ4v) is 4.39. The van der Waals surface area contributed by atoms with Gasteiger partial charge in [0.2, 0.25) is 0 Å². The summed E-state index contributed by atoms with van der Waals surface area (Å²) in [4.78, 5) is 13.4. The minimum atomic E-state index is -0.230. The molecule has 2 heterocycles. The smallest absolute Gasteiger partial charge is 0.409 e. The first-order valence-electron chi connectivity index (χ1n) is 9.72. The second kappa shape index (κ2) is 8.69. The molecular formula is C22H24N4O2S. The molecule has 29 heavy (non-hydrogen) atoms. The maximum absolute atomic E-state index is 11.7. The molecule has 0 saturated carbocycles. The van der Waals surface area contributed by atoms with Crippen molar-refractivity contribution in [2.75, 3.05) is 25.4 Å². The van der Waals surface area contributed by atoms with E-state index in [9.17, 15) is 4.79 Å². The van der Waals surface area contributed by atoms with Crippen molar-refractivity contribution in [2.45, 2.75) is 25.4 Å². The molecule has 0 spiro atoms. The number of hydrogen-bond acceptors (Lipinski definition) is 5. The number of ether oxygens (including phenoxy) is 1. The van der Waals surface area contributed by atoms with E-state index in [1.54, 1.807) is 16.7 Å². The van der Waals surface area contributed by atoms with Crippen molar-refractivity contribution < 1.29 is 9.53 Å². The SMILES string of the molecule is Cc1ccc(-n2c(Cc3ccccc3)nnc2SCCN2CCOC2=O)c(C)c1. The molecule has 7 heteroatoms. The molecule has 1 amide bonds. The Hall–Kier alpha value is -2.80. The van der Waals surface area contributed by atoms with Crippen LogP contribution < -0.4 is 0 Å². The number of thioether (sulfide) groups is 1. The molecule has 1 aliphatic heterocycles. The number of aromatic nitrogens is 3. The Bertz CT molecular complexity index is 1000. The third kappa shape index (κ3) is 4.45. The van der Waals surface area contributed by atoms with Gasteiger partial charge in [0.15, 0.2) is 5.16 Å². The number of nitrogens with zero attached hydrogens (tertiary/aromatic N) is 4. The van der Waals surface area contributed by atoms with Gasteiger partial charge >= 0.3 is 6.09 Å². The van der Waals surface area contributed by atoms with Gasteiger partial charge in [-0.25, -0.2) is 4.79 Å². The molecule has 0 unspecified atom stereocenters. The molecule has 150 valence electrons. The van der Waals surface area contributed by atoms with E-state index in [4.69, 9.17) is 4.74 Å². The Morgan fingerprint density at radius 3 is 2.66 bits per heavy atom. The number of aryl methyl sites for hydroxylation is 2. The van der Waals surface area contributed by atoms with Crippen LogP contribution in [0.4, 0.5) is 4.79 Å². The van der Waals surface area contributed by atoms with Crippen molar-refractivity contribution in [1.29, 1.82) is 0 Å². The fraction of sp³-hybridized carbons (Fsp3) is 0.318. The van der Waals surface area contributed by atoms with Crippen molar-refractivity contribution in [3.05, 3.63) is 71.0 Å². The Labute approximate surface area is 174 Å². The Balaban J connectivity index is 1.61. The summed E-state index contributed by atoms with van der Waals surface area (Å²) in [5.74, 6) is 1.65. The van der Waals surface area contributed by atoms with E-state index >= 15 is 0 Å². The lowest BCUT2D eigenvalue weighted by molar-refractivity contribution is 0.160. The molecule has 0 N–H and O–H groups in total. The van der Waals surface area contributed by atoms with E-state index in [1.165, 1.54) is 16.7 Å². The highest BCUT2D eigenvalue weighted by Crippen LogP contribution is 2.26. The van der Waals surface area contributed by atoms with Gasteiger partial charge in [-0.05, 0) is 31.0 Å². The van der Waals surface area contributed by atoms with E-state index < -0.39 is 0 Å². The highest BCUT2D eigenvalue weighted by molar-refractivity contribution is 7.99. The van der Waals surface area contributed by atoms with Crippen LogP contribution in [0.2, 0.25) is 0 Å². The zero-order valence-corrected chi connectivity index (χ0v) is 17.5. The summed E-state index contributed by atoms with van der Waals surface area (Å²) in [5, 5.41) is 9.82. The molecular weight excluding hydrogens is 384 g/mol. The lowest BCUT2D eigenvalue weighted by Gasteiger charge is -2.15. The Morgan fingerprint density at radius 1 is 1.10 bits per heavy atom. The predicted octanol–water partition coefficient (Wildman–Crippen LogP) is 4.02. The van der Waals surface area contributed by atoms with Gasteiger partial charge in [0.25, 0.3) is 0 Å². The summed E-state index contributed by atoms with van der Waals surface area (Å²) in [5.41, 5.74) is 4.70. The molecule has 4 rings (SSSR count). The van der Waals surface area contributed by atoms with Crippen LogP contribution in [0.15, 0.2) is 53.7 Å². The average Bonchev–Trinajstić information content (AvgIpc) is 3.29.